The van der Waals surface area contributed by atoms with E-state index in [1.807, 2.05) is 0 Å². The van der Waals surface area contributed by atoms with Crippen LogP contribution in [0.25, 0.3) is 43.8 Å². The number of hydrogen-bond donors (Lipinski definition) is 11. The Balaban J connectivity index is 0.000000209. The van der Waals surface area contributed by atoms with Gasteiger partial charge >= 0.3 is 23.2 Å². The molecule has 0 aliphatic heterocycles. The van der Waals surface area contributed by atoms with Crippen LogP contribution in [0.2, 0.25) is 0 Å². The van der Waals surface area contributed by atoms with E-state index in [0.29, 0.717) is 6.07 Å². The van der Waals surface area contributed by atoms with Crippen molar-refractivity contribution in [2.75, 3.05) is 0 Å². The molecule has 11 N–H and O–H groups in total. The fourth-order valence-electron chi connectivity index (χ4n) is 4.86. The van der Waals surface area contributed by atoms with E-state index < -0.39 is 108 Å². The Bertz CT molecular complexity index is 2250. The number of phenols is 9. The number of rotatable bonds is 3. The molecule has 17 heteroatoms. The summed E-state index contributed by atoms with van der Waals surface area (Å²) in [6.07, 6.45) is 0. The Labute approximate surface area is 258 Å². The van der Waals surface area contributed by atoms with E-state index >= 15 is 0 Å². The van der Waals surface area contributed by atoms with E-state index in [1.54, 1.807) is 0 Å². The summed E-state index contributed by atoms with van der Waals surface area (Å²) in [5.74, 6) is -10.9. The quantitative estimate of drug-likeness (QED) is 0.0738. The molecule has 0 bridgehead atoms. The van der Waals surface area contributed by atoms with Crippen molar-refractivity contribution >= 4 is 44.6 Å². The Hall–Kier alpha value is -7.04. The summed E-state index contributed by atoms with van der Waals surface area (Å²) in [5, 5.41) is 106. The predicted molar refractivity (Wildman–Crippen MR) is 159 cm³/mol. The van der Waals surface area contributed by atoms with Crippen LogP contribution in [-0.4, -0.2) is 68.1 Å². The van der Waals surface area contributed by atoms with Gasteiger partial charge in [0.05, 0.1) is 21.9 Å². The Morgan fingerprint density at radius 2 is 0.894 bits per heavy atom. The number of carboxylic acids is 2. The number of carboxylic acid groups (broad SMARTS) is 2. The number of aromatic hydroxyl groups is 9. The average molecular weight is 654 g/mol. The van der Waals surface area contributed by atoms with Gasteiger partial charge in [0, 0.05) is 21.9 Å². The number of carbonyl (C=O) groups is 2. The first kappa shape index (κ1) is 32.9. The largest absolute Gasteiger partial charge is 0.504 e. The summed E-state index contributed by atoms with van der Waals surface area (Å²) in [7, 11) is 0. The molecular formula is C30H22O17. The number of aromatic carboxylic acids is 2. The van der Waals surface area contributed by atoms with Crippen molar-refractivity contribution in [1.82, 2.24) is 0 Å². The van der Waals surface area contributed by atoms with Gasteiger partial charge in [0.25, 0.3) is 0 Å². The maximum absolute atomic E-state index is 12.0. The lowest BCUT2D eigenvalue weighted by atomic mass is 9.91. The number of aryl methyl sites for hydroxylation is 1. The normalized spacial score (nSPS) is 10.9. The molecule has 2 aromatic heterocycles. The molecule has 47 heavy (non-hydrogen) atoms. The van der Waals surface area contributed by atoms with Gasteiger partial charge in [-0.1, -0.05) is 7.43 Å². The molecule has 4 aromatic carbocycles. The lowest BCUT2D eigenvalue weighted by Crippen LogP contribution is -2.06. The van der Waals surface area contributed by atoms with Gasteiger partial charge in [0.1, 0.15) is 0 Å². The maximum Gasteiger partial charge on any atom is 0.344 e. The summed E-state index contributed by atoms with van der Waals surface area (Å²) >= 11 is 0. The molecule has 0 spiro atoms. The van der Waals surface area contributed by atoms with Gasteiger partial charge in [-0.3, -0.25) is 0 Å². The molecule has 0 saturated heterocycles. The fourth-order valence-corrected chi connectivity index (χ4v) is 4.86. The summed E-state index contributed by atoms with van der Waals surface area (Å²) in [4.78, 5) is 46.8. The molecule has 17 nitrogen and oxygen atoms in total. The second-order valence-electron chi connectivity index (χ2n) is 9.71. The van der Waals surface area contributed by atoms with E-state index in [2.05, 4.69) is 0 Å². The van der Waals surface area contributed by atoms with Crippen molar-refractivity contribution in [3.63, 3.8) is 0 Å². The SMILES string of the molecule is C.Cc1cc(C(=O)O)c(-c2c(C(=O)O)cc(O)c(O)c2O)c(O)c1O.O=c1oc2c(O)c(O)cc3c(=O)oc4c(O)c(O)cc1c4c23. The van der Waals surface area contributed by atoms with Crippen molar-refractivity contribution in [3.05, 3.63) is 61.8 Å². The fraction of sp³-hybridized carbons (Fsp3) is 0.0667. The summed E-state index contributed by atoms with van der Waals surface area (Å²) in [6, 6.07) is 3.47. The smallest absolute Gasteiger partial charge is 0.344 e. The van der Waals surface area contributed by atoms with Gasteiger partial charge in [-0.15, -0.1) is 0 Å². The zero-order valence-electron chi connectivity index (χ0n) is 22.7. The Kier molecular flexibility index (Phi) is 7.80. The van der Waals surface area contributed by atoms with E-state index in [9.17, 15) is 75.3 Å². The molecule has 0 aliphatic rings. The summed E-state index contributed by atoms with van der Waals surface area (Å²) < 4.78 is 9.87. The van der Waals surface area contributed by atoms with Crippen molar-refractivity contribution in [1.29, 1.82) is 0 Å². The van der Waals surface area contributed by atoms with E-state index in [-0.39, 0.29) is 34.5 Å². The molecule has 0 unspecified atom stereocenters. The first-order valence-electron chi connectivity index (χ1n) is 12.4. The minimum Gasteiger partial charge on any atom is -0.504 e. The third-order valence-corrected chi connectivity index (χ3v) is 6.98. The molecule has 0 fully saturated rings. The third-order valence-electron chi connectivity index (χ3n) is 6.98. The van der Waals surface area contributed by atoms with Crippen molar-refractivity contribution in [2.45, 2.75) is 14.4 Å². The van der Waals surface area contributed by atoms with Crippen LogP contribution in [0.1, 0.15) is 33.7 Å². The third kappa shape index (κ3) is 4.83. The highest BCUT2D eigenvalue weighted by atomic mass is 16.4. The van der Waals surface area contributed by atoms with Gasteiger partial charge in [-0.2, -0.15) is 0 Å². The van der Waals surface area contributed by atoms with Crippen molar-refractivity contribution in [3.8, 4) is 62.9 Å². The predicted octanol–water partition coefficient (Wildman–Crippen LogP) is 3.54. The summed E-state index contributed by atoms with van der Waals surface area (Å²) in [5.41, 5.74) is -5.58. The first-order chi connectivity index (χ1) is 21.5. The Morgan fingerprint density at radius 1 is 0.532 bits per heavy atom. The monoisotopic (exact) mass is 654 g/mol. The van der Waals surface area contributed by atoms with E-state index in [1.165, 1.54) is 6.92 Å². The first-order valence-corrected chi connectivity index (χ1v) is 12.4. The summed E-state index contributed by atoms with van der Waals surface area (Å²) in [6.45, 7) is 1.30. The lowest BCUT2D eigenvalue weighted by molar-refractivity contribution is 0.0683. The minimum absolute atomic E-state index is 0. The highest BCUT2D eigenvalue weighted by Crippen LogP contribution is 2.51. The van der Waals surface area contributed by atoms with E-state index in [0.717, 1.165) is 18.2 Å². The number of hydrogen-bond acceptors (Lipinski definition) is 15. The molecular weight excluding hydrogens is 632 g/mol. The van der Waals surface area contributed by atoms with Gasteiger partial charge < -0.3 is 65.0 Å². The van der Waals surface area contributed by atoms with Crippen molar-refractivity contribution < 1.29 is 74.6 Å². The van der Waals surface area contributed by atoms with Crippen LogP contribution in [0.4, 0.5) is 0 Å². The standard InChI is InChI=1S/C15H12O9.C14H6O8.CH4/c1-4-2-5(14(21)22)8(12(19)10(4)17)9-6(15(23)24)3-7(16)11(18)13(9)20;15-5-1-3-7-8-4(14(20)22-11(7)9(5)17)2-6(16)10(18)12(8)21-13(3)19;/h2-3,16-20H,1H3,(H,21,22)(H,23,24);1-2,15-18H;1H4. The van der Waals surface area contributed by atoms with Crippen LogP contribution >= 0.6 is 0 Å². The number of phenolic OH excluding ortho intramolecular Hbond substituents is 9. The van der Waals surface area contributed by atoms with Crippen LogP contribution in [0.3, 0.4) is 0 Å². The molecule has 6 rings (SSSR count). The maximum atomic E-state index is 12.0. The van der Waals surface area contributed by atoms with E-state index in [4.69, 9.17) is 8.83 Å². The molecule has 244 valence electrons. The topological polar surface area (TPSA) is 317 Å². The van der Waals surface area contributed by atoms with Crippen LogP contribution in [-0.2, 0) is 0 Å². The van der Waals surface area contributed by atoms with Gasteiger partial charge in [0.15, 0.2) is 45.7 Å². The minimum atomic E-state index is -1.67. The van der Waals surface area contributed by atoms with Crippen LogP contribution in [0.15, 0.2) is 42.7 Å². The van der Waals surface area contributed by atoms with Gasteiger partial charge in [-0.05, 0) is 36.8 Å². The molecule has 0 aliphatic carbocycles. The van der Waals surface area contributed by atoms with Gasteiger partial charge in [0.2, 0.25) is 17.2 Å². The average Bonchev–Trinajstić information content (AvgIpc) is 2.99. The van der Waals surface area contributed by atoms with Crippen LogP contribution in [0.5, 0.6) is 51.7 Å². The second-order valence-corrected chi connectivity index (χ2v) is 9.71. The zero-order chi connectivity index (χ0) is 34.1. The van der Waals surface area contributed by atoms with Crippen molar-refractivity contribution in [2.24, 2.45) is 0 Å². The highest BCUT2D eigenvalue weighted by Gasteiger charge is 2.30. The molecule has 0 saturated carbocycles. The highest BCUT2D eigenvalue weighted by molar-refractivity contribution is 6.22. The molecule has 0 radical (unpaired) electrons. The number of benzene rings is 4. The molecule has 2 heterocycles. The molecule has 0 amide bonds. The van der Waals surface area contributed by atoms with Gasteiger partial charge in [-0.25, -0.2) is 19.2 Å². The zero-order valence-corrected chi connectivity index (χ0v) is 22.7. The van der Waals surface area contributed by atoms with Crippen LogP contribution < -0.4 is 11.3 Å². The lowest BCUT2D eigenvalue weighted by Gasteiger charge is -2.16. The second kappa shape index (κ2) is 11.1. The Morgan fingerprint density at radius 3 is 1.30 bits per heavy atom. The molecule has 0 atom stereocenters. The van der Waals surface area contributed by atoms with Crippen LogP contribution in [0, 0.1) is 6.92 Å². The molecule has 6 aromatic rings.